The number of hydrogen-bond donors (Lipinski definition) is 0. The predicted octanol–water partition coefficient (Wildman–Crippen LogP) is 1.15. The Hall–Kier alpha value is -2.63. The quantitative estimate of drug-likeness (QED) is 0.764. The first-order chi connectivity index (χ1) is 10.0. The molecule has 0 radical (unpaired) electrons. The summed E-state index contributed by atoms with van der Waals surface area (Å²) >= 11 is 0. The van der Waals surface area contributed by atoms with Gasteiger partial charge < -0.3 is 9.47 Å². The lowest BCUT2D eigenvalue weighted by atomic mass is 9.95. The number of hydrogen-bond acceptors (Lipinski definition) is 5. The summed E-state index contributed by atoms with van der Waals surface area (Å²) in [6.45, 7) is 1.33. The molecule has 1 heterocycles. The Balaban J connectivity index is 2.67. The Labute approximate surface area is 121 Å². The second-order valence-corrected chi connectivity index (χ2v) is 4.46. The fourth-order valence-electron chi connectivity index (χ4n) is 2.34. The smallest absolute Gasteiger partial charge is 0.336 e. The summed E-state index contributed by atoms with van der Waals surface area (Å²) in [6.07, 6.45) is 1.54. The number of nitrogens with zero attached hydrogens (tertiary/aromatic N) is 1. The lowest BCUT2D eigenvalue weighted by molar-refractivity contribution is -0.145. The SMILES string of the molecule is COC(=O)C1=Cc2ccccc2N(C(C)=O)[C@@H]1C(=O)OC. The number of carbonyl (C=O) groups excluding carboxylic acids is 3. The largest absolute Gasteiger partial charge is 0.467 e. The fourth-order valence-corrected chi connectivity index (χ4v) is 2.34. The van der Waals surface area contributed by atoms with Crippen LogP contribution in [0.3, 0.4) is 0 Å². The zero-order valence-electron chi connectivity index (χ0n) is 12.0. The van der Waals surface area contributed by atoms with E-state index >= 15 is 0 Å². The molecule has 0 fully saturated rings. The summed E-state index contributed by atoms with van der Waals surface area (Å²) in [5.41, 5.74) is 1.28. The van der Waals surface area contributed by atoms with E-state index in [1.165, 1.54) is 26.0 Å². The second kappa shape index (κ2) is 5.78. The van der Waals surface area contributed by atoms with Crippen LogP contribution >= 0.6 is 0 Å². The molecule has 1 amide bonds. The highest BCUT2D eigenvalue weighted by atomic mass is 16.5. The molecular weight excluding hydrogens is 274 g/mol. The van der Waals surface area contributed by atoms with Crippen molar-refractivity contribution in [1.82, 2.24) is 0 Å². The molecule has 110 valence electrons. The number of carbonyl (C=O) groups is 3. The molecule has 2 rings (SSSR count). The van der Waals surface area contributed by atoms with E-state index in [2.05, 4.69) is 0 Å². The molecule has 21 heavy (non-hydrogen) atoms. The van der Waals surface area contributed by atoms with Crippen molar-refractivity contribution in [3.8, 4) is 0 Å². The van der Waals surface area contributed by atoms with Crippen molar-refractivity contribution >= 4 is 29.6 Å². The molecule has 0 aromatic heterocycles. The number of rotatable bonds is 2. The highest BCUT2D eigenvalue weighted by molar-refractivity contribution is 6.11. The van der Waals surface area contributed by atoms with Gasteiger partial charge in [-0.25, -0.2) is 9.59 Å². The molecule has 6 nitrogen and oxygen atoms in total. The Morgan fingerprint density at radius 2 is 1.76 bits per heavy atom. The van der Waals surface area contributed by atoms with Gasteiger partial charge in [0.25, 0.3) is 0 Å². The maximum atomic E-state index is 12.1. The van der Waals surface area contributed by atoms with Gasteiger partial charge in [-0.1, -0.05) is 18.2 Å². The second-order valence-electron chi connectivity index (χ2n) is 4.46. The van der Waals surface area contributed by atoms with Crippen LogP contribution in [0.5, 0.6) is 0 Å². The van der Waals surface area contributed by atoms with Crippen LogP contribution in [-0.2, 0) is 23.9 Å². The highest BCUT2D eigenvalue weighted by Crippen LogP contribution is 2.33. The van der Waals surface area contributed by atoms with Gasteiger partial charge in [0, 0.05) is 6.92 Å². The van der Waals surface area contributed by atoms with Crippen LogP contribution in [0.25, 0.3) is 6.08 Å². The summed E-state index contributed by atoms with van der Waals surface area (Å²) in [5, 5.41) is 0. The molecule has 6 heteroatoms. The zero-order chi connectivity index (χ0) is 15.6. The Morgan fingerprint density at radius 1 is 1.10 bits per heavy atom. The third kappa shape index (κ3) is 2.52. The van der Waals surface area contributed by atoms with Crippen LogP contribution in [-0.4, -0.2) is 38.1 Å². The van der Waals surface area contributed by atoms with E-state index in [4.69, 9.17) is 9.47 Å². The van der Waals surface area contributed by atoms with Crippen LogP contribution in [0.2, 0.25) is 0 Å². The normalized spacial score (nSPS) is 16.6. The van der Waals surface area contributed by atoms with E-state index in [-0.39, 0.29) is 11.5 Å². The zero-order valence-corrected chi connectivity index (χ0v) is 12.0. The maximum absolute atomic E-state index is 12.1. The van der Waals surface area contributed by atoms with Crippen molar-refractivity contribution in [3.05, 3.63) is 35.4 Å². The molecular formula is C15H15NO5. The van der Waals surface area contributed by atoms with E-state index < -0.39 is 18.0 Å². The first-order valence-corrected chi connectivity index (χ1v) is 6.27. The highest BCUT2D eigenvalue weighted by Gasteiger charge is 2.40. The van der Waals surface area contributed by atoms with E-state index in [1.807, 2.05) is 0 Å². The predicted molar refractivity (Wildman–Crippen MR) is 75.4 cm³/mol. The van der Waals surface area contributed by atoms with Gasteiger partial charge in [0.05, 0.1) is 25.5 Å². The third-order valence-electron chi connectivity index (χ3n) is 3.24. The lowest BCUT2D eigenvalue weighted by Crippen LogP contribution is -2.49. The van der Waals surface area contributed by atoms with Gasteiger partial charge in [0.2, 0.25) is 5.91 Å². The van der Waals surface area contributed by atoms with E-state index in [0.29, 0.717) is 11.3 Å². The van der Waals surface area contributed by atoms with Gasteiger partial charge in [0.1, 0.15) is 0 Å². The van der Waals surface area contributed by atoms with Crippen molar-refractivity contribution in [2.24, 2.45) is 0 Å². The van der Waals surface area contributed by atoms with Crippen LogP contribution < -0.4 is 4.90 Å². The topological polar surface area (TPSA) is 72.9 Å². The van der Waals surface area contributed by atoms with Crippen molar-refractivity contribution in [2.75, 3.05) is 19.1 Å². The lowest BCUT2D eigenvalue weighted by Gasteiger charge is -2.34. The molecule has 0 aliphatic carbocycles. The molecule has 1 aliphatic rings. The van der Waals surface area contributed by atoms with E-state index in [1.54, 1.807) is 30.3 Å². The van der Waals surface area contributed by atoms with Crippen molar-refractivity contribution in [1.29, 1.82) is 0 Å². The van der Waals surface area contributed by atoms with Crippen LogP contribution in [0.4, 0.5) is 5.69 Å². The molecule has 0 saturated heterocycles. The number of fused-ring (bicyclic) bond motifs is 1. The van der Waals surface area contributed by atoms with Gasteiger partial charge in [-0.05, 0) is 17.7 Å². The number of methoxy groups -OCH3 is 2. The first kappa shape index (κ1) is 14.8. The monoisotopic (exact) mass is 289 g/mol. The summed E-state index contributed by atoms with van der Waals surface area (Å²) in [7, 11) is 2.42. The molecule has 1 atom stereocenters. The van der Waals surface area contributed by atoms with Crippen LogP contribution in [0.15, 0.2) is 29.8 Å². The number of anilines is 1. The molecule has 1 aromatic carbocycles. The summed E-state index contributed by atoms with van der Waals surface area (Å²) in [4.78, 5) is 37.2. The minimum Gasteiger partial charge on any atom is -0.467 e. The molecule has 0 N–H and O–H groups in total. The number of ether oxygens (including phenoxy) is 2. The van der Waals surface area contributed by atoms with Crippen molar-refractivity contribution < 1.29 is 23.9 Å². The third-order valence-corrected chi connectivity index (χ3v) is 3.24. The van der Waals surface area contributed by atoms with Gasteiger partial charge in [-0.15, -0.1) is 0 Å². The number of benzene rings is 1. The Bertz CT molecular complexity index is 635. The van der Waals surface area contributed by atoms with Crippen LogP contribution in [0.1, 0.15) is 12.5 Å². The van der Waals surface area contributed by atoms with Gasteiger partial charge in [-0.2, -0.15) is 0 Å². The minimum absolute atomic E-state index is 0.0678. The van der Waals surface area contributed by atoms with Gasteiger partial charge >= 0.3 is 11.9 Å². The minimum atomic E-state index is -1.14. The van der Waals surface area contributed by atoms with E-state index in [9.17, 15) is 14.4 Å². The Kier molecular flexibility index (Phi) is 4.07. The molecule has 1 aliphatic heterocycles. The molecule has 0 bridgehead atoms. The fraction of sp³-hybridized carbons (Fsp3) is 0.267. The van der Waals surface area contributed by atoms with Gasteiger partial charge in [0.15, 0.2) is 6.04 Å². The van der Waals surface area contributed by atoms with Crippen LogP contribution in [0, 0.1) is 0 Å². The average Bonchev–Trinajstić information content (AvgIpc) is 2.51. The van der Waals surface area contributed by atoms with Crippen molar-refractivity contribution in [2.45, 2.75) is 13.0 Å². The number of para-hydroxylation sites is 1. The van der Waals surface area contributed by atoms with E-state index in [0.717, 1.165) is 0 Å². The summed E-state index contributed by atoms with van der Waals surface area (Å²) in [6, 6.07) is 5.84. The summed E-state index contributed by atoms with van der Waals surface area (Å²) in [5.74, 6) is -1.74. The number of amides is 1. The summed E-state index contributed by atoms with van der Waals surface area (Å²) < 4.78 is 9.43. The Morgan fingerprint density at radius 3 is 2.33 bits per heavy atom. The molecule has 1 aromatic rings. The number of esters is 2. The van der Waals surface area contributed by atoms with Gasteiger partial charge in [-0.3, -0.25) is 9.69 Å². The molecule has 0 unspecified atom stereocenters. The standard InChI is InChI=1S/C15H15NO5/c1-9(17)16-12-7-5-4-6-10(12)8-11(14(18)20-2)13(16)15(19)21-3/h4-8,13H,1-3H3/t13-/m0/s1. The molecule has 0 saturated carbocycles. The average molecular weight is 289 g/mol. The molecule has 0 spiro atoms. The maximum Gasteiger partial charge on any atom is 0.336 e. The van der Waals surface area contributed by atoms with Crippen molar-refractivity contribution in [3.63, 3.8) is 0 Å². The first-order valence-electron chi connectivity index (χ1n) is 6.27.